The van der Waals surface area contributed by atoms with Gasteiger partial charge in [-0.3, -0.25) is 19.9 Å². The molecule has 4 nitrogen and oxygen atoms in total. The maximum Gasteiger partial charge on any atom is 0.0937 e. The Morgan fingerprint density at radius 1 is 0.340 bits per heavy atom. The van der Waals surface area contributed by atoms with Gasteiger partial charge < -0.3 is 0 Å². The number of nitrogens with zero attached hydrogens (tertiary/aromatic N) is 4. The van der Waals surface area contributed by atoms with Crippen molar-refractivity contribution >= 4 is 58.2 Å². The van der Waals surface area contributed by atoms with Crippen LogP contribution in [0.15, 0.2) is 183 Å². The molecule has 0 saturated carbocycles. The van der Waals surface area contributed by atoms with Crippen LogP contribution in [0.3, 0.4) is 0 Å². The molecule has 10 rings (SSSR count). The lowest BCUT2D eigenvalue weighted by Crippen LogP contribution is -2.31. The Labute approximate surface area is 309 Å². The first-order valence-electron chi connectivity index (χ1n) is 17.7. The highest BCUT2D eigenvalue weighted by atomic mass is 31.2. The summed E-state index contributed by atoms with van der Waals surface area (Å²) in [4.78, 5) is 20.7. The third-order valence-corrected chi connectivity index (χ3v) is 18.1. The summed E-state index contributed by atoms with van der Waals surface area (Å²) in [6, 6.07) is 56.0. The molecule has 252 valence electrons. The molecule has 0 fully saturated rings. The van der Waals surface area contributed by atoms with Gasteiger partial charge in [0.05, 0.1) is 28.2 Å². The molecule has 1 spiro atoms. The number of rotatable bonds is 6. The van der Waals surface area contributed by atoms with Gasteiger partial charge in [0.2, 0.25) is 0 Å². The Morgan fingerprint density at radius 2 is 0.660 bits per heavy atom. The number of pyridine rings is 4. The quantitative estimate of drug-likeness (QED) is 0.173. The topological polar surface area (TPSA) is 51.6 Å². The third-order valence-electron chi connectivity index (χ3n) is 11.1. The molecule has 53 heavy (non-hydrogen) atoms. The van der Waals surface area contributed by atoms with Crippen molar-refractivity contribution in [2.75, 3.05) is 0 Å². The van der Waals surface area contributed by atoms with Crippen molar-refractivity contribution in [1.29, 1.82) is 0 Å². The number of benzene rings is 4. The van der Waals surface area contributed by atoms with Gasteiger partial charge in [-0.25, -0.2) is 0 Å². The average Bonchev–Trinajstić information content (AvgIpc) is 3.71. The molecular formula is C47H34N4P2. The highest BCUT2D eigenvalue weighted by Gasteiger charge is 2.55. The lowest BCUT2D eigenvalue weighted by molar-refractivity contribution is 0.787. The molecule has 0 bridgehead atoms. The van der Waals surface area contributed by atoms with Gasteiger partial charge in [-0.1, -0.05) is 146 Å². The first-order chi connectivity index (χ1) is 26.1. The normalized spacial score (nSPS) is 13.6. The summed E-state index contributed by atoms with van der Waals surface area (Å²) in [5.74, 6) is 0. The summed E-state index contributed by atoms with van der Waals surface area (Å²) in [6.45, 7) is -4.73. The summed E-state index contributed by atoms with van der Waals surface area (Å²) < 4.78 is 0. The molecule has 4 heterocycles. The van der Waals surface area contributed by atoms with Gasteiger partial charge in [0.15, 0.2) is 0 Å². The summed E-state index contributed by atoms with van der Waals surface area (Å²) >= 11 is 0. The fourth-order valence-corrected chi connectivity index (χ4v) is 14.3. The molecule has 2 aliphatic carbocycles. The zero-order valence-corrected chi connectivity index (χ0v) is 30.7. The van der Waals surface area contributed by atoms with Gasteiger partial charge >= 0.3 is 0 Å². The Hall–Kier alpha value is -5.92. The molecule has 4 aromatic carbocycles. The van der Waals surface area contributed by atoms with Crippen LogP contribution in [0.4, 0.5) is 0 Å². The number of fused-ring (bicyclic) bond motifs is 10. The van der Waals surface area contributed by atoms with Crippen LogP contribution in [0.1, 0.15) is 22.3 Å². The molecule has 0 radical (unpaired) electrons. The van der Waals surface area contributed by atoms with Crippen molar-refractivity contribution < 1.29 is 0 Å². The summed E-state index contributed by atoms with van der Waals surface area (Å²) in [6.07, 6.45) is 18.0. The predicted octanol–water partition coefficient (Wildman–Crippen LogP) is 7.06. The van der Waals surface area contributed by atoms with E-state index in [0.717, 1.165) is 55.6 Å². The van der Waals surface area contributed by atoms with Crippen molar-refractivity contribution in [2.24, 2.45) is 0 Å². The van der Waals surface area contributed by atoms with Crippen molar-refractivity contribution in [3.63, 3.8) is 0 Å². The molecule has 0 N–H and O–H groups in total. The highest BCUT2D eigenvalue weighted by molar-refractivity contribution is 7.93. The van der Waals surface area contributed by atoms with Crippen molar-refractivity contribution in [3.05, 3.63) is 205 Å². The largest absolute Gasteiger partial charge is 0.254 e. The van der Waals surface area contributed by atoms with Crippen molar-refractivity contribution in [2.45, 2.75) is 5.41 Å². The minimum absolute atomic E-state index is 0.750. The minimum Gasteiger partial charge on any atom is -0.254 e. The Kier molecular flexibility index (Phi) is 7.24. The lowest BCUT2D eigenvalue weighted by Gasteiger charge is -2.32. The van der Waals surface area contributed by atoms with E-state index >= 15 is 0 Å². The Balaban J connectivity index is 1.30. The lowest BCUT2D eigenvalue weighted by atomic mass is 9.71. The Morgan fingerprint density at radius 3 is 1.00 bits per heavy atom. The highest BCUT2D eigenvalue weighted by Crippen LogP contribution is 2.61. The van der Waals surface area contributed by atoms with Crippen LogP contribution in [-0.2, 0) is 5.41 Å². The summed E-state index contributed by atoms with van der Waals surface area (Å²) in [7, 11) is 0. The third kappa shape index (κ3) is 4.44. The van der Waals surface area contributed by atoms with Crippen LogP contribution >= 0.6 is 13.8 Å². The van der Waals surface area contributed by atoms with E-state index in [1.54, 1.807) is 0 Å². The molecule has 0 saturated heterocycles. The van der Waals surface area contributed by atoms with E-state index in [1.165, 1.54) is 21.2 Å². The van der Waals surface area contributed by atoms with E-state index in [9.17, 15) is 0 Å². The van der Waals surface area contributed by atoms with Crippen LogP contribution in [0.5, 0.6) is 0 Å². The van der Waals surface area contributed by atoms with E-state index in [0.29, 0.717) is 0 Å². The Bertz CT molecular complexity index is 2500. The number of aromatic nitrogens is 4. The molecular weight excluding hydrogens is 682 g/mol. The van der Waals surface area contributed by atoms with Crippen LogP contribution in [0.2, 0.25) is 0 Å². The molecule has 8 aromatic rings. The van der Waals surface area contributed by atoms with E-state index in [4.69, 9.17) is 32.5 Å². The SMILES string of the molecule is C=P(c1ccccc1)(c1ccccc1)c1cnc2c(c1)C1(c3cccnc3-c3ncccc31)c1cc(P(=C)(c3ccccc3)c3ccccc3)cnc1-2. The fourth-order valence-electron chi connectivity index (χ4n) is 8.56. The molecule has 2 aliphatic rings. The van der Waals surface area contributed by atoms with Gasteiger partial charge in [-0.2, -0.15) is 0 Å². The maximum absolute atomic E-state index is 5.37. The smallest absolute Gasteiger partial charge is 0.0937 e. The molecule has 0 atom stereocenters. The number of hydrogen-bond acceptors (Lipinski definition) is 4. The molecule has 0 amide bonds. The van der Waals surface area contributed by atoms with E-state index < -0.39 is 19.2 Å². The monoisotopic (exact) mass is 716 g/mol. The van der Waals surface area contributed by atoms with Crippen molar-refractivity contribution in [3.8, 4) is 22.8 Å². The van der Waals surface area contributed by atoms with Gasteiger partial charge in [0.1, 0.15) is 0 Å². The summed E-state index contributed by atoms with van der Waals surface area (Å²) in [5, 5.41) is 7.01. The molecule has 4 aromatic heterocycles. The summed E-state index contributed by atoms with van der Waals surface area (Å²) in [5.41, 5.74) is 7.13. The van der Waals surface area contributed by atoms with Crippen molar-refractivity contribution in [1.82, 2.24) is 19.9 Å². The molecule has 6 heteroatoms. The number of hydrogen-bond donors (Lipinski definition) is 0. The van der Waals surface area contributed by atoms with Crippen LogP contribution in [0, 0.1) is 0 Å². The zero-order valence-electron chi connectivity index (χ0n) is 28.9. The van der Waals surface area contributed by atoms with Gasteiger partial charge in [0.25, 0.3) is 0 Å². The van der Waals surface area contributed by atoms with E-state index in [2.05, 4.69) is 146 Å². The van der Waals surface area contributed by atoms with Crippen LogP contribution < -0.4 is 31.8 Å². The average molecular weight is 717 g/mol. The predicted molar refractivity (Wildman–Crippen MR) is 226 cm³/mol. The minimum atomic E-state index is -2.36. The van der Waals surface area contributed by atoms with Crippen LogP contribution in [0.25, 0.3) is 22.8 Å². The maximum atomic E-state index is 5.37. The second-order valence-corrected chi connectivity index (χ2v) is 20.0. The zero-order chi connectivity index (χ0) is 35.6. The van der Waals surface area contributed by atoms with Crippen LogP contribution in [-0.4, -0.2) is 32.5 Å². The van der Waals surface area contributed by atoms with Gasteiger partial charge in [-0.05, 0) is 70.4 Å². The second kappa shape index (κ2) is 12.1. The first kappa shape index (κ1) is 31.8. The standard InChI is InChI=1S/C47H34N4P2/c1-52(33-17-7-3-8-18-33,34-19-9-4-10-20-34)37-29-41-45(50-31-37)46-42(47(41)39-25-15-27-48-43(39)44-40(47)26-16-28-49-44)30-38(32-51-46)53(2,35-21-11-5-12-22-35)36-23-13-6-14-24-36/h3-32H,1-2H2. The fraction of sp³-hybridized carbons (Fsp3) is 0.0213. The van der Waals surface area contributed by atoms with E-state index in [-0.39, 0.29) is 0 Å². The van der Waals surface area contributed by atoms with Gasteiger partial charge in [-0.15, -0.1) is 0 Å². The second-order valence-electron chi connectivity index (χ2n) is 13.7. The molecule has 0 aliphatic heterocycles. The van der Waals surface area contributed by atoms with E-state index in [1.807, 2.05) is 36.9 Å². The van der Waals surface area contributed by atoms with Gasteiger partial charge in [0, 0.05) is 46.5 Å². The molecule has 0 unspecified atom stereocenters. The first-order valence-corrected chi connectivity index (χ1v) is 21.6.